The maximum Gasteiger partial charge on any atom is 0.303 e. The van der Waals surface area contributed by atoms with Crippen LogP contribution in [0.25, 0.3) is 0 Å². The van der Waals surface area contributed by atoms with E-state index in [0.717, 1.165) is 0 Å². The second kappa shape index (κ2) is 14.6. The normalized spacial score (nSPS) is 33.1. The monoisotopic (exact) mass is 619 g/mol. The molecule has 41 heavy (non-hydrogen) atoms. The molecule has 3 heterocycles. The average molecular weight is 620 g/mol. The summed E-state index contributed by atoms with van der Waals surface area (Å²) < 4.78 is 42.0. The van der Waals surface area contributed by atoms with Crippen molar-refractivity contribution in [2.75, 3.05) is 19.1 Å². The summed E-state index contributed by atoms with van der Waals surface area (Å²) in [4.78, 5) is 35.5. The fraction of sp³-hybridized carbons (Fsp3) is 0.731. The molecule has 0 aromatic carbocycles. The molecule has 9 atom stereocenters. The number of hydrogen-bond acceptors (Lipinski definition) is 12. The molecule has 2 aliphatic heterocycles. The summed E-state index contributed by atoms with van der Waals surface area (Å²) in [5.74, 6) is -2.10. The van der Waals surface area contributed by atoms with E-state index in [2.05, 4.69) is 16.2 Å². The molecule has 1 aromatic rings. The Morgan fingerprint density at radius 2 is 1.80 bits per heavy atom. The van der Waals surface area contributed by atoms with E-state index in [-0.39, 0.29) is 32.2 Å². The molecule has 13 nitrogen and oxygen atoms in total. The van der Waals surface area contributed by atoms with Gasteiger partial charge in [0, 0.05) is 26.7 Å². The van der Waals surface area contributed by atoms with Gasteiger partial charge in [0.05, 0.1) is 36.5 Å². The molecular formula is C26H35Cl2N3O10. The SMILES string of the molecule is C#CCOCc1cn(C[C@H]2O[C@@](CCl)(O[C@H]3O[C@H](COC(C)=O)[C@H](Cl)[C@H](C)[C@H]3OC(C)=O)[C@@H](C)[C@@H]2OC(C)=O)nn1. The van der Waals surface area contributed by atoms with Crippen molar-refractivity contribution in [1.29, 1.82) is 0 Å². The van der Waals surface area contributed by atoms with Crippen LogP contribution in [0.2, 0.25) is 0 Å². The second-order valence-electron chi connectivity index (χ2n) is 9.93. The quantitative estimate of drug-likeness (QED) is 0.110. The summed E-state index contributed by atoms with van der Waals surface area (Å²) in [6, 6.07) is 0. The number of nitrogens with zero attached hydrogens (tertiary/aromatic N) is 3. The number of aromatic nitrogens is 3. The lowest BCUT2D eigenvalue weighted by Gasteiger charge is -2.45. The minimum Gasteiger partial charge on any atom is -0.463 e. The van der Waals surface area contributed by atoms with Crippen molar-refractivity contribution in [3.8, 4) is 12.3 Å². The van der Waals surface area contributed by atoms with Crippen LogP contribution in [-0.4, -0.2) is 93.9 Å². The highest BCUT2D eigenvalue weighted by atomic mass is 35.5. The molecule has 15 heteroatoms. The van der Waals surface area contributed by atoms with Crippen molar-refractivity contribution in [3.05, 3.63) is 11.9 Å². The van der Waals surface area contributed by atoms with Crippen LogP contribution in [0, 0.1) is 24.2 Å². The predicted molar refractivity (Wildman–Crippen MR) is 142 cm³/mol. The number of ether oxygens (including phenoxy) is 7. The van der Waals surface area contributed by atoms with E-state index < -0.39 is 71.6 Å². The van der Waals surface area contributed by atoms with Crippen LogP contribution < -0.4 is 0 Å². The minimum absolute atomic E-state index is 0.126. The molecule has 1 aromatic heterocycles. The lowest BCUT2D eigenvalue weighted by atomic mass is 9.92. The minimum atomic E-state index is -1.56. The largest absolute Gasteiger partial charge is 0.463 e. The third kappa shape index (κ3) is 8.30. The molecule has 0 spiro atoms. The molecule has 0 radical (unpaired) electrons. The molecule has 228 valence electrons. The molecular weight excluding hydrogens is 585 g/mol. The smallest absolute Gasteiger partial charge is 0.303 e. The number of rotatable bonds is 12. The van der Waals surface area contributed by atoms with Crippen LogP contribution in [0.1, 0.15) is 40.3 Å². The highest BCUT2D eigenvalue weighted by molar-refractivity contribution is 6.21. The van der Waals surface area contributed by atoms with E-state index >= 15 is 0 Å². The standard InChI is InChI=1S/C26H35Cl2N3O10/c1-7-8-35-11-19-9-31(30-29-19)10-20-24(38-18(6)34)15(3)26(13-27,40-20)41-25-23(37-17(5)33)14(2)22(28)21(39-25)12-36-16(4)32/h1,9,14-15,20-25H,8,10-13H2,2-6H3/t14-,15-,20+,21+,22+,23+,24-,25+,26-/m0/s1. The number of hydrogen-bond donors (Lipinski definition) is 0. The van der Waals surface area contributed by atoms with Crippen molar-refractivity contribution < 1.29 is 47.5 Å². The fourth-order valence-corrected chi connectivity index (χ4v) is 5.44. The Hall–Kier alpha value is -2.47. The zero-order valence-corrected chi connectivity index (χ0v) is 25.0. The van der Waals surface area contributed by atoms with Crippen LogP contribution in [0.3, 0.4) is 0 Å². The Balaban J connectivity index is 1.87. The van der Waals surface area contributed by atoms with Gasteiger partial charge in [-0.2, -0.15) is 0 Å². The maximum absolute atomic E-state index is 12.0. The number of carbonyl (C=O) groups excluding carboxylic acids is 3. The number of alkyl halides is 2. The van der Waals surface area contributed by atoms with Crippen LogP contribution in [0.4, 0.5) is 0 Å². The Morgan fingerprint density at radius 1 is 1.12 bits per heavy atom. The molecule has 2 fully saturated rings. The predicted octanol–water partition coefficient (Wildman–Crippen LogP) is 1.81. The van der Waals surface area contributed by atoms with E-state index in [1.807, 2.05) is 0 Å². The lowest BCUT2D eigenvalue weighted by Crippen LogP contribution is -2.58. The van der Waals surface area contributed by atoms with Gasteiger partial charge in [-0.25, -0.2) is 4.68 Å². The number of terminal acetylenes is 1. The van der Waals surface area contributed by atoms with Gasteiger partial charge in [0.25, 0.3) is 0 Å². The summed E-state index contributed by atoms with van der Waals surface area (Å²) in [6.45, 7) is 7.58. The van der Waals surface area contributed by atoms with Crippen LogP contribution >= 0.6 is 23.2 Å². The van der Waals surface area contributed by atoms with Gasteiger partial charge in [-0.3, -0.25) is 14.4 Å². The third-order valence-corrected chi connectivity index (χ3v) is 7.85. The van der Waals surface area contributed by atoms with Gasteiger partial charge in [-0.1, -0.05) is 25.0 Å². The number of esters is 3. The van der Waals surface area contributed by atoms with Crippen LogP contribution in [0.15, 0.2) is 6.20 Å². The Bertz CT molecular complexity index is 1110. The second-order valence-corrected chi connectivity index (χ2v) is 10.7. The van der Waals surface area contributed by atoms with E-state index in [1.54, 1.807) is 20.0 Å². The summed E-state index contributed by atoms with van der Waals surface area (Å²) in [5.41, 5.74) is 0.540. The van der Waals surface area contributed by atoms with Crippen molar-refractivity contribution in [1.82, 2.24) is 15.0 Å². The highest BCUT2D eigenvalue weighted by Gasteiger charge is 2.59. The van der Waals surface area contributed by atoms with Gasteiger partial charge in [0.2, 0.25) is 0 Å². The summed E-state index contributed by atoms with van der Waals surface area (Å²) in [5, 5.41) is 7.47. The van der Waals surface area contributed by atoms with Gasteiger partial charge >= 0.3 is 17.9 Å². The first-order valence-electron chi connectivity index (χ1n) is 13.0. The molecule has 3 rings (SSSR count). The molecule has 0 N–H and O–H groups in total. The fourth-order valence-electron chi connectivity index (χ4n) is 4.80. The van der Waals surface area contributed by atoms with E-state index in [9.17, 15) is 14.4 Å². The Kier molecular flexibility index (Phi) is 11.8. The van der Waals surface area contributed by atoms with Crippen LogP contribution in [0.5, 0.6) is 0 Å². The van der Waals surface area contributed by atoms with Gasteiger partial charge in [0.1, 0.15) is 37.2 Å². The van der Waals surface area contributed by atoms with Crippen molar-refractivity contribution in [2.24, 2.45) is 11.8 Å². The van der Waals surface area contributed by atoms with Crippen molar-refractivity contribution >= 4 is 41.1 Å². The molecule has 0 aliphatic carbocycles. The summed E-state index contributed by atoms with van der Waals surface area (Å²) >= 11 is 13.1. The Morgan fingerprint density at radius 3 is 2.41 bits per heavy atom. The van der Waals surface area contributed by atoms with Crippen LogP contribution in [-0.2, 0) is 60.7 Å². The Labute approximate surface area is 248 Å². The topological polar surface area (TPSA) is 147 Å². The first-order valence-corrected chi connectivity index (χ1v) is 14.0. The zero-order valence-electron chi connectivity index (χ0n) is 23.5. The third-order valence-electron chi connectivity index (χ3n) is 6.80. The zero-order chi connectivity index (χ0) is 30.3. The van der Waals surface area contributed by atoms with Gasteiger partial charge < -0.3 is 33.2 Å². The maximum atomic E-state index is 12.0. The molecule has 2 aliphatic rings. The molecule has 0 amide bonds. The number of carbonyl (C=O) groups is 3. The van der Waals surface area contributed by atoms with Gasteiger partial charge in [-0.05, 0) is 0 Å². The summed E-state index contributed by atoms with van der Waals surface area (Å²) in [7, 11) is 0. The number of halogens is 2. The summed E-state index contributed by atoms with van der Waals surface area (Å²) in [6.07, 6.45) is 2.33. The van der Waals surface area contributed by atoms with Crippen molar-refractivity contribution in [3.63, 3.8) is 0 Å². The molecule has 0 bridgehead atoms. The van der Waals surface area contributed by atoms with E-state index in [0.29, 0.717) is 5.69 Å². The van der Waals surface area contributed by atoms with Gasteiger partial charge in [0.15, 0.2) is 18.2 Å². The molecule has 0 unspecified atom stereocenters. The first kappa shape index (κ1) is 33.0. The van der Waals surface area contributed by atoms with E-state index in [4.69, 9.17) is 62.8 Å². The first-order chi connectivity index (χ1) is 19.4. The van der Waals surface area contributed by atoms with E-state index in [1.165, 1.54) is 25.5 Å². The average Bonchev–Trinajstić information content (AvgIpc) is 3.45. The highest BCUT2D eigenvalue weighted by Crippen LogP contribution is 2.44. The lowest BCUT2D eigenvalue weighted by molar-refractivity contribution is -0.350. The molecule has 2 saturated heterocycles. The van der Waals surface area contributed by atoms with Gasteiger partial charge in [-0.15, -0.1) is 34.7 Å². The molecule has 0 saturated carbocycles. The van der Waals surface area contributed by atoms with Crippen molar-refractivity contribution in [2.45, 2.75) is 89.6 Å².